The first-order chi connectivity index (χ1) is 9.58. The molecule has 0 aromatic heterocycles. The van der Waals surface area contributed by atoms with E-state index in [1.165, 1.54) is 5.57 Å². The van der Waals surface area contributed by atoms with Gasteiger partial charge in [0.15, 0.2) is 0 Å². The number of nitrogens with zero attached hydrogens (tertiary/aromatic N) is 1. The van der Waals surface area contributed by atoms with Gasteiger partial charge in [-0.2, -0.15) is 0 Å². The molecule has 114 valence electrons. The zero-order chi connectivity index (χ0) is 16.1. The van der Waals surface area contributed by atoms with E-state index in [9.17, 15) is 0 Å². The number of benzene rings is 1. The van der Waals surface area contributed by atoms with Crippen molar-refractivity contribution in [2.24, 2.45) is 10.4 Å². The van der Waals surface area contributed by atoms with Crippen molar-refractivity contribution in [3.63, 3.8) is 0 Å². The van der Waals surface area contributed by atoms with E-state index in [1.54, 1.807) is 0 Å². The fourth-order valence-corrected chi connectivity index (χ4v) is 1.78. The largest absolute Gasteiger partial charge is 0.287 e. The lowest BCUT2D eigenvalue weighted by Gasteiger charge is -2.20. The SMILES string of the molecule is CC(C)(C)N=C/C=C(\C=C\c1ccc(Cl)cc1)C(C)(C)C. The molecule has 0 radical (unpaired) electrons. The maximum atomic E-state index is 5.91. The molecule has 21 heavy (non-hydrogen) atoms. The van der Waals surface area contributed by atoms with Crippen LogP contribution in [0.5, 0.6) is 0 Å². The summed E-state index contributed by atoms with van der Waals surface area (Å²) in [4.78, 5) is 4.52. The molecule has 0 aliphatic rings. The van der Waals surface area contributed by atoms with Crippen molar-refractivity contribution in [2.45, 2.75) is 47.1 Å². The van der Waals surface area contributed by atoms with Crippen molar-refractivity contribution in [1.29, 1.82) is 0 Å². The Morgan fingerprint density at radius 2 is 1.57 bits per heavy atom. The fraction of sp³-hybridized carbons (Fsp3) is 0.421. The van der Waals surface area contributed by atoms with Gasteiger partial charge in [-0.05, 0) is 55.5 Å². The molecule has 0 amide bonds. The van der Waals surface area contributed by atoms with Gasteiger partial charge >= 0.3 is 0 Å². The number of allylic oxidation sites excluding steroid dienone is 3. The maximum Gasteiger partial charge on any atom is 0.0524 e. The first kappa shape index (κ1) is 17.7. The lowest BCUT2D eigenvalue weighted by molar-refractivity contribution is 0.518. The smallest absolute Gasteiger partial charge is 0.0524 e. The first-order valence-corrected chi connectivity index (χ1v) is 7.65. The standard InChI is InChI=1S/C19H26ClN/c1-18(2,3)16(13-14-21-19(4,5)6)10-7-15-8-11-17(20)12-9-15/h7-14H,1-6H3/b10-7+,16-13+,21-14?. The van der Waals surface area contributed by atoms with Gasteiger partial charge in [-0.15, -0.1) is 0 Å². The molecule has 1 aromatic carbocycles. The van der Waals surface area contributed by atoms with Gasteiger partial charge in [-0.25, -0.2) is 0 Å². The Kier molecular flexibility index (Phi) is 5.98. The molecule has 0 saturated heterocycles. The molecule has 0 heterocycles. The topological polar surface area (TPSA) is 12.4 Å². The molecule has 0 atom stereocenters. The highest BCUT2D eigenvalue weighted by molar-refractivity contribution is 6.30. The minimum Gasteiger partial charge on any atom is -0.287 e. The van der Waals surface area contributed by atoms with Crippen LogP contribution in [0.1, 0.15) is 47.1 Å². The summed E-state index contributed by atoms with van der Waals surface area (Å²) in [5.74, 6) is 0. The third-order valence-corrected chi connectivity index (χ3v) is 3.16. The number of hydrogen-bond acceptors (Lipinski definition) is 1. The van der Waals surface area contributed by atoms with E-state index in [2.05, 4.69) is 64.8 Å². The van der Waals surface area contributed by atoms with Gasteiger partial charge in [0.2, 0.25) is 0 Å². The van der Waals surface area contributed by atoms with Crippen LogP contribution in [-0.4, -0.2) is 11.8 Å². The Hall–Kier alpha value is -1.34. The molecule has 0 bridgehead atoms. The van der Waals surface area contributed by atoms with Gasteiger partial charge in [0, 0.05) is 11.2 Å². The van der Waals surface area contributed by atoms with Crippen LogP contribution in [0.2, 0.25) is 5.02 Å². The fourth-order valence-electron chi connectivity index (χ4n) is 1.66. The van der Waals surface area contributed by atoms with Crippen molar-refractivity contribution in [3.05, 3.63) is 52.6 Å². The summed E-state index contributed by atoms with van der Waals surface area (Å²) in [6.07, 6.45) is 8.26. The number of aliphatic imine (C=N–C) groups is 1. The zero-order valence-electron chi connectivity index (χ0n) is 13.9. The second kappa shape index (κ2) is 7.09. The predicted molar refractivity (Wildman–Crippen MR) is 96.3 cm³/mol. The van der Waals surface area contributed by atoms with Gasteiger partial charge in [0.25, 0.3) is 0 Å². The average molecular weight is 304 g/mol. The van der Waals surface area contributed by atoms with Crippen LogP contribution in [0.3, 0.4) is 0 Å². The van der Waals surface area contributed by atoms with E-state index in [1.807, 2.05) is 30.5 Å². The van der Waals surface area contributed by atoms with Crippen molar-refractivity contribution in [2.75, 3.05) is 0 Å². The van der Waals surface area contributed by atoms with Crippen molar-refractivity contribution < 1.29 is 0 Å². The molecule has 0 spiro atoms. The van der Waals surface area contributed by atoms with Crippen LogP contribution in [-0.2, 0) is 0 Å². The lowest BCUT2D eigenvalue weighted by Crippen LogP contribution is -2.10. The molecule has 2 heteroatoms. The Bertz CT molecular complexity index is 534. The van der Waals surface area contributed by atoms with Crippen LogP contribution in [0.15, 0.2) is 47.0 Å². The lowest BCUT2D eigenvalue weighted by atomic mass is 9.85. The van der Waals surface area contributed by atoms with E-state index in [4.69, 9.17) is 11.6 Å². The predicted octanol–water partition coefficient (Wildman–Crippen LogP) is 6.20. The number of halogens is 1. The van der Waals surface area contributed by atoms with Crippen LogP contribution >= 0.6 is 11.6 Å². The zero-order valence-corrected chi connectivity index (χ0v) is 14.7. The molecule has 0 fully saturated rings. The second-order valence-electron chi connectivity index (χ2n) is 7.21. The Labute approximate surface area is 134 Å². The first-order valence-electron chi connectivity index (χ1n) is 7.27. The summed E-state index contributed by atoms with van der Waals surface area (Å²) >= 11 is 5.91. The molecule has 0 aliphatic heterocycles. The Balaban J connectivity index is 2.97. The molecule has 0 N–H and O–H groups in total. The number of hydrogen-bond donors (Lipinski definition) is 0. The van der Waals surface area contributed by atoms with Gasteiger partial charge in [0.1, 0.15) is 0 Å². The molecular weight excluding hydrogens is 278 g/mol. The van der Waals surface area contributed by atoms with Gasteiger partial charge in [0.05, 0.1) is 5.54 Å². The van der Waals surface area contributed by atoms with E-state index in [0.717, 1.165) is 10.6 Å². The monoisotopic (exact) mass is 303 g/mol. The van der Waals surface area contributed by atoms with Crippen molar-refractivity contribution in [3.8, 4) is 0 Å². The molecule has 0 unspecified atom stereocenters. The van der Waals surface area contributed by atoms with Crippen molar-refractivity contribution in [1.82, 2.24) is 0 Å². The highest BCUT2D eigenvalue weighted by Crippen LogP contribution is 2.26. The van der Waals surface area contributed by atoms with Gasteiger partial charge in [-0.3, -0.25) is 4.99 Å². The summed E-state index contributed by atoms with van der Waals surface area (Å²) in [5.41, 5.74) is 2.42. The normalized spacial score (nSPS) is 14.3. The molecule has 0 aliphatic carbocycles. The van der Waals surface area contributed by atoms with E-state index < -0.39 is 0 Å². The quantitative estimate of drug-likeness (QED) is 0.466. The molecule has 1 rings (SSSR count). The van der Waals surface area contributed by atoms with Crippen LogP contribution in [0.25, 0.3) is 6.08 Å². The third kappa shape index (κ3) is 7.29. The molecule has 1 nitrogen and oxygen atoms in total. The highest BCUT2D eigenvalue weighted by Gasteiger charge is 2.14. The number of rotatable bonds is 3. The summed E-state index contributed by atoms with van der Waals surface area (Å²) in [5, 5.41) is 0.760. The third-order valence-electron chi connectivity index (χ3n) is 2.91. The molecular formula is C19H26ClN. The van der Waals surface area contributed by atoms with Crippen LogP contribution in [0.4, 0.5) is 0 Å². The van der Waals surface area contributed by atoms with Gasteiger partial charge < -0.3 is 0 Å². The second-order valence-corrected chi connectivity index (χ2v) is 7.64. The van der Waals surface area contributed by atoms with E-state index in [-0.39, 0.29) is 11.0 Å². The molecule has 0 saturated carbocycles. The van der Waals surface area contributed by atoms with E-state index in [0.29, 0.717) is 0 Å². The Morgan fingerprint density at radius 1 is 1.00 bits per heavy atom. The molecule has 1 aromatic rings. The van der Waals surface area contributed by atoms with E-state index >= 15 is 0 Å². The minimum atomic E-state index is -0.0423. The maximum absolute atomic E-state index is 5.91. The summed E-state index contributed by atoms with van der Waals surface area (Å²) in [7, 11) is 0. The Morgan fingerprint density at radius 3 is 2.05 bits per heavy atom. The summed E-state index contributed by atoms with van der Waals surface area (Å²) in [6, 6.07) is 7.84. The summed E-state index contributed by atoms with van der Waals surface area (Å²) < 4.78 is 0. The van der Waals surface area contributed by atoms with Crippen LogP contribution < -0.4 is 0 Å². The van der Waals surface area contributed by atoms with Crippen molar-refractivity contribution >= 4 is 23.9 Å². The summed E-state index contributed by atoms with van der Waals surface area (Å²) in [6.45, 7) is 12.9. The van der Waals surface area contributed by atoms with Crippen LogP contribution in [0, 0.1) is 5.41 Å². The average Bonchev–Trinajstić information content (AvgIpc) is 2.32. The highest BCUT2D eigenvalue weighted by atomic mass is 35.5. The van der Waals surface area contributed by atoms with Gasteiger partial charge in [-0.1, -0.05) is 56.7 Å². The minimum absolute atomic E-state index is 0.0423.